The van der Waals surface area contributed by atoms with E-state index in [-0.39, 0.29) is 23.6 Å². The van der Waals surface area contributed by atoms with Crippen LogP contribution in [0.2, 0.25) is 0 Å². The molecular formula is C16H17BrFN3O3S. The molecule has 2 heterocycles. The number of sulfonamides is 1. The molecule has 1 atom stereocenters. The van der Waals surface area contributed by atoms with Gasteiger partial charge in [-0.05, 0) is 59.5 Å². The highest BCUT2D eigenvalue weighted by molar-refractivity contribution is 9.10. The third kappa shape index (κ3) is 4.16. The predicted molar refractivity (Wildman–Crippen MR) is 93.3 cm³/mol. The van der Waals surface area contributed by atoms with Crippen LogP contribution >= 0.6 is 15.9 Å². The maximum absolute atomic E-state index is 13.3. The number of hydrogen-bond acceptors (Lipinski definition) is 5. The maximum atomic E-state index is 13.3. The molecule has 0 bridgehead atoms. The van der Waals surface area contributed by atoms with Crippen LogP contribution in [0.1, 0.15) is 18.4 Å². The Morgan fingerprint density at radius 1 is 1.32 bits per heavy atom. The number of nitrogens with zero attached hydrogens (tertiary/aromatic N) is 3. The fourth-order valence-electron chi connectivity index (χ4n) is 2.77. The summed E-state index contributed by atoms with van der Waals surface area (Å²) >= 11 is 3.25. The fourth-order valence-corrected chi connectivity index (χ4v) is 4.69. The first kappa shape index (κ1) is 18.2. The van der Waals surface area contributed by atoms with Gasteiger partial charge in [0.05, 0.1) is 15.9 Å². The lowest BCUT2D eigenvalue weighted by atomic mass is 10.1. The van der Waals surface area contributed by atoms with Crippen molar-refractivity contribution in [3.8, 4) is 6.01 Å². The minimum Gasteiger partial charge on any atom is -0.459 e. The number of benzene rings is 1. The molecule has 6 nitrogen and oxygen atoms in total. The van der Waals surface area contributed by atoms with Crippen molar-refractivity contribution in [1.82, 2.24) is 14.3 Å². The number of aryl methyl sites for hydroxylation is 1. The summed E-state index contributed by atoms with van der Waals surface area (Å²) in [5.41, 5.74) is 0.388. The van der Waals surface area contributed by atoms with E-state index < -0.39 is 15.8 Å². The molecule has 1 unspecified atom stereocenters. The van der Waals surface area contributed by atoms with Crippen LogP contribution in [0.4, 0.5) is 4.39 Å². The number of piperidine rings is 1. The zero-order valence-corrected chi connectivity index (χ0v) is 15.9. The molecule has 1 aromatic carbocycles. The van der Waals surface area contributed by atoms with E-state index >= 15 is 0 Å². The Kier molecular flexibility index (Phi) is 5.35. The van der Waals surface area contributed by atoms with Gasteiger partial charge in [0.1, 0.15) is 11.9 Å². The van der Waals surface area contributed by atoms with Gasteiger partial charge in [-0.2, -0.15) is 4.31 Å². The summed E-state index contributed by atoms with van der Waals surface area (Å²) < 4.78 is 46.8. The summed E-state index contributed by atoms with van der Waals surface area (Å²) in [6.07, 6.45) is 4.20. The highest BCUT2D eigenvalue weighted by Crippen LogP contribution is 2.25. The molecule has 1 aromatic heterocycles. The van der Waals surface area contributed by atoms with Crippen LogP contribution in [0.5, 0.6) is 6.01 Å². The third-order valence-corrected chi connectivity index (χ3v) is 6.40. The first-order chi connectivity index (χ1) is 11.9. The lowest BCUT2D eigenvalue weighted by Gasteiger charge is -2.31. The molecule has 25 heavy (non-hydrogen) atoms. The van der Waals surface area contributed by atoms with Crippen LogP contribution in [0.25, 0.3) is 0 Å². The Morgan fingerprint density at radius 2 is 2.04 bits per heavy atom. The van der Waals surface area contributed by atoms with Crippen LogP contribution in [-0.4, -0.2) is 41.9 Å². The van der Waals surface area contributed by atoms with Gasteiger partial charge >= 0.3 is 6.01 Å². The van der Waals surface area contributed by atoms with Crippen LogP contribution < -0.4 is 4.74 Å². The Balaban J connectivity index is 1.76. The van der Waals surface area contributed by atoms with Crippen LogP contribution in [0.15, 0.2) is 40.0 Å². The molecule has 134 valence electrons. The van der Waals surface area contributed by atoms with Crippen LogP contribution in [0.3, 0.4) is 0 Å². The predicted octanol–water partition coefficient (Wildman–Crippen LogP) is 2.92. The van der Waals surface area contributed by atoms with Crippen molar-refractivity contribution >= 4 is 26.0 Å². The average molecular weight is 430 g/mol. The Morgan fingerprint density at radius 3 is 2.72 bits per heavy atom. The number of ether oxygens (including phenoxy) is 1. The molecule has 0 radical (unpaired) electrons. The topological polar surface area (TPSA) is 72.4 Å². The van der Waals surface area contributed by atoms with E-state index in [4.69, 9.17) is 4.74 Å². The molecule has 1 fully saturated rings. The zero-order chi connectivity index (χ0) is 18.0. The molecule has 1 saturated heterocycles. The maximum Gasteiger partial charge on any atom is 0.316 e. The average Bonchev–Trinajstić information content (AvgIpc) is 2.57. The molecule has 1 aliphatic heterocycles. The van der Waals surface area contributed by atoms with Crippen molar-refractivity contribution in [1.29, 1.82) is 0 Å². The Hall–Kier alpha value is -1.58. The molecule has 9 heteroatoms. The van der Waals surface area contributed by atoms with E-state index in [1.54, 1.807) is 19.3 Å². The molecule has 0 amide bonds. The summed E-state index contributed by atoms with van der Waals surface area (Å²) in [4.78, 5) is 8.22. The zero-order valence-electron chi connectivity index (χ0n) is 13.5. The normalized spacial score (nSPS) is 18.9. The summed E-state index contributed by atoms with van der Waals surface area (Å²) in [6, 6.07) is 3.90. The molecule has 0 saturated carbocycles. The summed E-state index contributed by atoms with van der Waals surface area (Å²) in [6.45, 7) is 2.20. The van der Waals surface area contributed by atoms with Gasteiger partial charge < -0.3 is 4.74 Å². The van der Waals surface area contributed by atoms with Crippen molar-refractivity contribution in [3.05, 3.63) is 46.4 Å². The van der Waals surface area contributed by atoms with Crippen molar-refractivity contribution in [3.63, 3.8) is 0 Å². The second-order valence-electron chi connectivity index (χ2n) is 5.84. The molecule has 0 aliphatic carbocycles. The second kappa shape index (κ2) is 7.35. The molecule has 0 N–H and O–H groups in total. The van der Waals surface area contributed by atoms with Gasteiger partial charge in [-0.1, -0.05) is 0 Å². The number of aromatic nitrogens is 2. The highest BCUT2D eigenvalue weighted by atomic mass is 79.9. The second-order valence-corrected chi connectivity index (χ2v) is 8.66. The van der Waals surface area contributed by atoms with Gasteiger partial charge in [-0.3, -0.25) is 0 Å². The van der Waals surface area contributed by atoms with E-state index in [1.807, 2.05) is 0 Å². The van der Waals surface area contributed by atoms with Gasteiger partial charge in [-0.25, -0.2) is 22.8 Å². The van der Waals surface area contributed by atoms with Gasteiger partial charge in [-0.15, -0.1) is 0 Å². The number of rotatable bonds is 4. The fraction of sp³-hybridized carbons (Fsp3) is 0.375. The molecule has 2 aromatic rings. The monoisotopic (exact) mass is 429 g/mol. The minimum atomic E-state index is -3.70. The number of halogens is 2. The van der Waals surface area contributed by atoms with E-state index in [0.717, 1.165) is 10.5 Å². The first-order valence-electron chi connectivity index (χ1n) is 7.77. The molecule has 3 rings (SSSR count). The lowest BCUT2D eigenvalue weighted by Crippen LogP contribution is -2.44. The van der Waals surface area contributed by atoms with Crippen LogP contribution in [0, 0.1) is 12.7 Å². The standard InChI is InChI=1S/C16H17BrFN3O3S/c1-11-7-13(18)4-5-15(11)25(22,23)21-6-2-3-14(10-21)24-16-19-8-12(17)9-20-16/h4-5,7-9,14H,2-3,6,10H2,1H3. The van der Waals surface area contributed by atoms with Gasteiger partial charge in [0.25, 0.3) is 0 Å². The van der Waals surface area contributed by atoms with Crippen molar-refractivity contribution in [2.24, 2.45) is 0 Å². The van der Waals surface area contributed by atoms with Crippen molar-refractivity contribution in [2.45, 2.75) is 30.8 Å². The Labute approximate surface area is 154 Å². The minimum absolute atomic E-state index is 0.120. The highest BCUT2D eigenvalue weighted by Gasteiger charge is 2.32. The molecular weight excluding hydrogens is 413 g/mol. The smallest absolute Gasteiger partial charge is 0.316 e. The van der Waals surface area contributed by atoms with Gasteiger partial charge in [0.2, 0.25) is 10.0 Å². The lowest BCUT2D eigenvalue weighted by molar-refractivity contribution is 0.119. The van der Waals surface area contributed by atoms with E-state index in [0.29, 0.717) is 24.9 Å². The van der Waals surface area contributed by atoms with E-state index in [1.165, 1.54) is 16.4 Å². The van der Waals surface area contributed by atoms with Crippen LogP contribution in [-0.2, 0) is 10.0 Å². The van der Waals surface area contributed by atoms with E-state index in [9.17, 15) is 12.8 Å². The van der Waals surface area contributed by atoms with Gasteiger partial charge in [0, 0.05) is 18.9 Å². The third-order valence-electron chi connectivity index (χ3n) is 3.96. The summed E-state index contributed by atoms with van der Waals surface area (Å²) in [7, 11) is -3.70. The van der Waals surface area contributed by atoms with Gasteiger partial charge in [0.15, 0.2) is 0 Å². The summed E-state index contributed by atoms with van der Waals surface area (Å²) in [5.74, 6) is -0.455. The molecule has 1 aliphatic rings. The number of hydrogen-bond donors (Lipinski definition) is 0. The SMILES string of the molecule is Cc1cc(F)ccc1S(=O)(=O)N1CCCC(Oc2ncc(Br)cn2)C1. The first-order valence-corrected chi connectivity index (χ1v) is 10.00. The quantitative estimate of drug-likeness (QED) is 0.746. The Bertz CT molecular complexity index is 861. The summed E-state index contributed by atoms with van der Waals surface area (Å²) in [5, 5.41) is 0. The molecule has 0 spiro atoms. The van der Waals surface area contributed by atoms with Crippen molar-refractivity contribution < 1.29 is 17.5 Å². The van der Waals surface area contributed by atoms with Crippen molar-refractivity contribution in [2.75, 3.05) is 13.1 Å². The largest absolute Gasteiger partial charge is 0.459 e. The van der Waals surface area contributed by atoms with E-state index in [2.05, 4.69) is 25.9 Å².